The van der Waals surface area contributed by atoms with Crippen molar-refractivity contribution in [1.82, 2.24) is 24.6 Å². The van der Waals surface area contributed by atoms with E-state index < -0.39 is 11.6 Å². The maximum Gasteiger partial charge on any atom is 0.166 e. The molecule has 0 saturated heterocycles. The zero-order valence-corrected chi connectivity index (χ0v) is 13.4. The van der Waals surface area contributed by atoms with Crippen LogP contribution in [0.3, 0.4) is 0 Å². The summed E-state index contributed by atoms with van der Waals surface area (Å²) in [6, 6.07) is 6.76. The van der Waals surface area contributed by atoms with Gasteiger partial charge in [0.05, 0.1) is 11.3 Å². The highest BCUT2D eigenvalue weighted by Crippen LogP contribution is 2.28. The van der Waals surface area contributed by atoms with Crippen molar-refractivity contribution in [3.05, 3.63) is 66.3 Å². The van der Waals surface area contributed by atoms with Crippen LogP contribution in [0, 0.1) is 11.6 Å². The highest BCUT2D eigenvalue weighted by Gasteiger charge is 2.15. The Morgan fingerprint density at radius 1 is 1.08 bits per heavy atom. The van der Waals surface area contributed by atoms with Crippen LogP contribution in [0.1, 0.15) is 9.84 Å². The van der Waals surface area contributed by atoms with Gasteiger partial charge in [0.15, 0.2) is 11.5 Å². The number of anilines is 2. The molecule has 0 fully saturated rings. The Bertz CT molecular complexity index is 1090. The molecular weight excluding hydrogens is 340 g/mol. The van der Waals surface area contributed by atoms with Gasteiger partial charge in [0, 0.05) is 35.4 Å². The van der Waals surface area contributed by atoms with Crippen LogP contribution >= 0.6 is 0 Å². The Balaban J connectivity index is 0.00000140. The number of benzene rings is 1. The second-order valence-corrected chi connectivity index (χ2v) is 5.57. The van der Waals surface area contributed by atoms with Crippen LogP contribution in [0.5, 0.6) is 0 Å². The van der Waals surface area contributed by atoms with Gasteiger partial charge in [-0.3, -0.25) is 0 Å². The van der Waals surface area contributed by atoms with E-state index >= 15 is 0 Å². The van der Waals surface area contributed by atoms with E-state index in [9.17, 15) is 8.78 Å². The third kappa shape index (κ3) is 3.02. The fourth-order valence-electron chi connectivity index (χ4n) is 2.65. The molecule has 3 N–H and O–H groups in total. The maximum absolute atomic E-state index is 13.3. The Kier molecular flexibility index (Phi) is 3.88. The summed E-state index contributed by atoms with van der Waals surface area (Å²) in [4.78, 5) is 12.6. The highest BCUT2D eigenvalue weighted by atomic mass is 19.1. The summed E-state index contributed by atoms with van der Waals surface area (Å²) in [6.45, 7) is 0.202. The predicted molar refractivity (Wildman–Crippen MR) is 98.5 cm³/mol. The first kappa shape index (κ1) is 15.9. The molecule has 136 valence electrons. The van der Waals surface area contributed by atoms with Crippen LogP contribution in [0.2, 0.25) is 0 Å². The summed E-state index contributed by atoms with van der Waals surface area (Å²) in [5, 5.41) is 7.21. The average molecular weight is 359 g/mol. The number of nitrogens with two attached hydrogens (primary N) is 1. The number of nitrogens with zero attached hydrogens (tertiary/aromatic N) is 5. The lowest BCUT2D eigenvalue weighted by molar-refractivity contribution is 0.580. The molecule has 0 radical (unpaired) electrons. The molecule has 0 aliphatic carbocycles. The third-order valence-corrected chi connectivity index (χ3v) is 3.74. The van der Waals surface area contributed by atoms with Crippen molar-refractivity contribution in [2.24, 2.45) is 0 Å². The summed E-state index contributed by atoms with van der Waals surface area (Å²) in [7, 11) is 0. The molecule has 0 bridgehead atoms. The SMILES string of the molecule is Nc1nn2cccnc2c1-c1cc(NCc2cc(F)cc(F)c2)ncn1.[HH].[HH].[HH]. The van der Waals surface area contributed by atoms with E-state index in [4.69, 9.17) is 5.73 Å². The first-order valence-electron chi connectivity index (χ1n) is 7.70. The molecule has 0 amide bonds. The smallest absolute Gasteiger partial charge is 0.166 e. The fraction of sp³-hybridized carbons (Fsp3) is 0.0588. The Morgan fingerprint density at radius 3 is 2.69 bits per heavy atom. The van der Waals surface area contributed by atoms with Crippen LogP contribution in [-0.2, 0) is 6.54 Å². The van der Waals surface area contributed by atoms with Crippen molar-refractivity contribution in [2.45, 2.75) is 6.54 Å². The molecule has 7 nitrogen and oxygen atoms in total. The average Bonchev–Trinajstić information content (AvgIpc) is 2.95. The summed E-state index contributed by atoms with van der Waals surface area (Å²) < 4.78 is 28.1. The molecule has 0 saturated carbocycles. The van der Waals surface area contributed by atoms with E-state index in [2.05, 4.69) is 25.4 Å². The largest absolute Gasteiger partial charge is 0.382 e. The maximum atomic E-state index is 13.3. The van der Waals surface area contributed by atoms with E-state index in [1.54, 1.807) is 29.0 Å². The predicted octanol–water partition coefficient (Wildman–Crippen LogP) is 3.40. The molecule has 0 aliphatic rings. The van der Waals surface area contributed by atoms with Crippen LogP contribution < -0.4 is 11.1 Å². The van der Waals surface area contributed by atoms with E-state index in [0.29, 0.717) is 34.1 Å². The second-order valence-electron chi connectivity index (χ2n) is 5.57. The molecule has 9 heteroatoms. The first-order chi connectivity index (χ1) is 12.6. The van der Waals surface area contributed by atoms with Gasteiger partial charge in [0.1, 0.15) is 23.8 Å². The van der Waals surface area contributed by atoms with Crippen LogP contribution in [0.25, 0.3) is 16.9 Å². The number of hydrogen-bond acceptors (Lipinski definition) is 6. The minimum atomic E-state index is -0.629. The summed E-state index contributed by atoms with van der Waals surface area (Å²) >= 11 is 0. The molecule has 0 atom stereocenters. The Morgan fingerprint density at radius 2 is 1.88 bits per heavy atom. The summed E-state index contributed by atoms with van der Waals surface area (Å²) in [6.07, 6.45) is 4.75. The van der Waals surface area contributed by atoms with Crippen molar-refractivity contribution < 1.29 is 13.1 Å². The van der Waals surface area contributed by atoms with Gasteiger partial charge in [-0.25, -0.2) is 28.2 Å². The van der Waals surface area contributed by atoms with E-state index in [-0.39, 0.29) is 10.8 Å². The molecule has 0 unspecified atom stereocenters. The molecule has 4 aromatic rings. The van der Waals surface area contributed by atoms with Crippen LogP contribution in [0.4, 0.5) is 20.4 Å². The lowest BCUT2D eigenvalue weighted by atomic mass is 10.2. The lowest BCUT2D eigenvalue weighted by Crippen LogP contribution is -2.03. The zero-order chi connectivity index (χ0) is 18.1. The first-order valence-corrected chi connectivity index (χ1v) is 7.70. The Labute approximate surface area is 151 Å². The van der Waals surface area contributed by atoms with Gasteiger partial charge in [-0.2, -0.15) is 0 Å². The molecule has 0 aliphatic heterocycles. The third-order valence-electron chi connectivity index (χ3n) is 3.74. The van der Waals surface area contributed by atoms with Crippen LogP contribution in [-0.4, -0.2) is 24.6 Å². The number of rotatable bonds is 4. The van der Waals surface area contributed by atoms with E-state index in [1.165, 1.54) is 18.5 Å². The Hall–Kier alpha value is -3.62. The van der Waals surface area contributed by atoms with Crippen LogP contribution in [0.15, 0.2) is 49.1 Å². The standard InChI is InChI=1S/C17H13F2N7.3H2/c18-11-4-10(5-12(19)6-11)8-22-14-7-13(23-9-24-14)15-16(20)25-26-3-1-2-21-17(15)26;;;/h1-7,9H,8H2,(H2,20,25)(H,22,23,24);3*1H. The number of aromatic nitrogens is 5. The molecule has 1 aromatic carbocycles. The number of fused-ring (bicyclic) bond motifs is 1. The lowest BCUT2D eigenvalue weighted by Gasteiger charge is -2.07. The van der Waals surface area contributed by atoms with Crippen molar-refractivity contribution in [1.29, 1.82) is 0 Å². The van der Waals surface area contributed by atoms with Crippen molar-refractivity contribution in [3.63, 3.8) is 0 Å². The number of hydrogen-bond donors (Lipinski definition) is 2. The van der Waals surface area contributed by atoms with Gasteiger partial charge in [0.2, 0.25) is 0 Å². The second kappa shape index (κ2) is 6.36. The van der Waals surface area contributed by atoms with Gasteiger partial charge in [-0.05, 0) is 23.8 Å². The minimum absolute atomic E-state index is 0. The number of halogens is 2. The molecule has 0 spiro atoms. The number of nitrogen functional groups attached to an aromatic ring is 1. The van der Waals surface area contributed by atoms with Gasteiger partial charge < -0.3 is 11.1 Å². The van der Waals surface area contributed by atoms with Crippen molar-refractivity contribution in [2.75, 3.05) is 11.1 Å². The summed E-state index contributed by atoms with van der Waals surface area (Å²) in [5.41, 5.74) is 8.16. The van der Waals surface area contributed by atoms with Gasteiger partial charge in [0.25, 0.3) is 0 Å². The van der Waals surface area contributed by atoms with E-state index in [1.807, 2.05) is 0 Å². The normalized spacial score (nSPS) is 11.0. The van der Waals surface area contributed by atoms with Crippen molar-refractivity contribution >= 4 is 17.3 Å². The number of nitrogens with one attached hydrogen (secondary N) is 1. The van der Waals surface area contributed by atoms with Gasteiger partial charge in [-0.15, -0.1) is 5.10 Å². The molecule has 26 heavy (non-hydrogen) atoms. The fourth-order valence-corrected chi connectivity index (χ4v) is 2.65. The highest BCUT2D eigenvalue weighted by molar-refractivity contribution is 5.84. The molecular formula is C17H19F2N7. The topological polar surface area (TPSA) is 94.0 Å². The molecule has 3 heterocycles. The van der Waals surface area contributed by atoms with Gasteiger partial charge >= 0.3 is 0 Å². The van der Waals surface area contributed by atoms with Crippen molar-refractivity contribution in [3.8, 4) is 11.3 Å². The summed E-state index contributed by atoms with van der Waals surface area (Å²) in [5.74, 6) is -0.485. The van der Waals surface area contributed by atoms with E-state index in [0.717, 1.165) is 6.07 Å². The molecule has 3 aromatic heterocycles. The quantitative estimate of drug-likeness (QED) is 0.580. The minimum Gasteiger partial charge on any atom is -0.382 e. The molecule has 4 rings (SSSR count). The van der Waals surface area contributed by atoms with Gasteiger partial charge in [-0.1, -0.05) is 0 Å². The zero-order valence-electron chi connectivity index (χ0n) is 13.4. The monoisotopic (exact) mass is 359 g/mol.